The van der Waals surface area contributed by atoms with Crippen molar-refractivity contribution in [3.63, 3.8) is 0 Å². The van der Waals surface area contributed by atoms with Gasteiger partial charge in [0.05, 0.1) is 7.11 Å². The molecule has 1 heterocycles. The average Bonchev–Trinajstić information content (AvgIpc) is 2.50. The summed E-state index contributed by atoms with van der Waals surface area (Å²) in [6.45, 7) is 4.79. The Labute approximate surface area is 125 Å². The number of aryl methyl sites for hydroxylation is 2. The molecule has 0 saturated heterocycles. The Kier molecular flexibility index (Phi) is 4.68. The lowest BCUT2D eigenvalue weighted by molar-refractivity contribution is 0.415. The summed E-state index contributed by atoms with van der Waals surface area (Å²) >= 11 is 0. The molecule has 21 heavy (non-hydrogen) atoms. The first-order valence-electron chi connectivity index (χ1n) is 7.22. The van der Waals surface area contributed by atoms with Gasteiger partial charge in [0.2, 0.25) is 0 Å². The molecule has 0 spiro atoms. The maximum absolute atomic E-state index is 12.4. The van der Waals surface area contributed by atoms with Crippen LogP contribution in [0, 0.1) is 6.92 Å². The lowest BCUT2D eigenvalue weighted by atomic mass is 10.0. The first-order chi connectivity index (χ1) is 10.1. The quantitative estimate of drug-likeness (QED) is 0.918. The van der Waals surface area contributed by atoms with Gasteiger partial charge >= 0.3 is 0 Å². The molecule has 0 atom stereocenters. The van der Waals surface area contributed by atoms with Crippen molar-refractivity contribution in [3.8, 4) is 16.9 Å². The highest BCUT2D eigenvalue weighted by Crippen LogP contribution is 2.29. The number of hydrogen-bond donors (Lipinski definition) is 1. The molecule has 0 aliphatic heterocycles. The summed E-state index contributed by atoms with van der Waals surface area (Å²) in [7, 11) is 1.62. The van der Waals surface area contributed by atoms with Gasteiger partial charge in [-0.3, -0.25) is 4.79 Å². The summed E-state index contributed by atoms with van der Waals surface area (Å²) in [6.07, 6.45) is 3.91. The van der Waals surface area contributed by atoms with E-state index < -0.39 is 0 Å². The Morgan fingerprint density at radius 2 is 2.10 bits per heavy atom. The first kappa shape index (κ1) is 15.2. The predicted molar refractivity (Wildman–Crippen MR) is 86.7 cm³/mol. The SMILES string of the molecule is CCCCn1cc(C)c(-c2cccc(OC)c2)c(N)c1=O. The van der Waals surface area contributed by atoms with Crippen LogP contribution < -0.4 is 16.0 Å². The van der Waals surface area contributed by atoms with Gasteiger partial charge in [0.15, 0.2) is 0 Å². The van der Waals surface area contributed by atoms with E-state index in [0.29, 0.717) is 12.2 Å². The number of nitrogen functional groups attached to an aromatic ring is 1. The number of methoxy groups -OCH3 is 1. The smallest absolute Gasteiger partial charge is 0.274 e. The third-order valence-corrected chi connectivity index (χ3v) is 3.62. The molecule has 0 radical (unpaired) electrons. The van der Waals surface area contributed by atoms with Gasteiger partial charge in [0, 0.05) is 18.3 Å². The third kappa shape index (κ3) is 3.10. The molecule has 1 aromatic heterocycles. The summed E-state index contributed by atoms with van der Waals surface area (Å²) < 4.78 is 6.95. The van der Waals surface area contributed by atoms with Crippen LogP contribution in [0.1, 0.15) is 25.3 Å². The van der Waals surface area contributed by atoms with E-state index in [0.717, 1.165) is 35.3 Å². The predicted octanol–water partition coefficient (Wildman–Crippen LogP) is 3.21. The standard InChI is InChI=1S/C17H22N2O2/c1-4-5-9-19-11-12(2)15(16(18)17(19)20)13-7-6-8-14(10-13)21-3/h6-8,10-11H,4-5,9,18H2,1-3H3. The van der Waals surface area contributed by atoms with Crippen LogP contribution >= 0.6 is 0 Å². The molecule has 1 aromatic carbocycles. The fourth-order valence-electron chi connectivity index (χ4n) is 2.49. The lowest BCUT2D eigenvalue weighted by Gasteiger charge is -2.14. The van der Waals surface area contributed by atoms with Gasteiger partial charge in [-0.2, -0.15) is 0 Å². The Morgan fingerprint density at radius 1 is 1.33 bits per heavy atom. The molecule has 0 amide bonds. The molecule has 2 N–H and O–H groups in total. The number of pyridine rings is 1. The Bertz CT molecular complexity index is 690. The molecule has 4 heteroatoms. The zero-order chi connectivity index (χ0) is 15.4. The van der Waals surface area contributed by atoms with Crippen LogP contribution in [0.3, 0.4) is 0 Å². The molecule has 0 saturated carbocycles. The highest BCUT2D eigenvalue weighted by atomic mass is 16.5. The Hall–Kier alpha value is -2.23. The highest BCUT2D eigenvalue weighted by molar-refractivity contribution is 5.79. The Balaban J connectivity index is 2.54. The van der Waals surface area contributed by atoms with E-state index in [2.05, 4.69) is 6.92 Å². The Morgan fingerprint density at radius 3 is 2.76 bits per heavy atom. The summed E-state index contributed by atoms with van der Waals surface area (Å²) in [5, 5.41) is 0. The van der Waals surface area contributed by atoms with Crippen LogP contribution in [0.15, 0.2) is 35.3 Å². The van der Waals surface area contributed by atoms with Gasteiger partial charge in [-0.1, -0.05) is 25.5 Å². The van der Waals surface area contributed by atoms with Gasteiger partial charge in [-0.05, 0) is 36.6 Å². The molecular formula is C17H22N2O2. The molecule has 0 aliphatic rings. The summed E-state index contributed by atoms with van der Waals surface area (Å²) in [6, 6.07) is 7.61. The molecule has 2 aromatic rings. The van der Waals surface area contributed by atoms with E-state index in [-0.39, 0.29) is 5.56 Å². The van der Waals surface area contributed by atoms with Crippen LogP contribution in [0.5, 0.6) is 5.75 Å². The van der Waals surface area contributed by atoms with Crippen molar-refractivity contribution in [1.82, 2.24) is 4.57 Å². The minimum atomic E-state index is -0.119. The molecule has 0 bridgehead atoms. The van der Waals surface area contributed by atoms with E-state index in [1.165, 1.54) is 0 Å². The van der Waals surface area contributed by atoms with Crippen LogP contribution in [0.2, 0.25) is 0 Å². The normalized spacial score (nSPS) is 10.6. The van der Waals surface area contributed by atoms with E-state index in [4.69, 9.17) is 10.5 Å². The number of ether oxygens (including phenoxy) is 1. The average molecular weight is 286 g/mol. The number of anilines is 1. The molecule has 112 valence electrons. The van der Waals surface area contributed by atoms with Crippen molar-refractivity contribution >= 4 is 5.69 Å². The van der Waals surface area contributed by atoms with Crippen molar-refractivity contribution < 1.29 is 4.74 Å². The van der Waals surface area contributed by atoms with E-state index >= 15 is 0 Å². The number of hydrogen-bond acceptors (Lipinski definition) is 3. The molecule has 0 fully saturated rings. The maximum atomic E-state index is 12.4. The van der Waals surface area contributed by atoms with Crippen molar-refractivity contribution in [2.24, 2.45) is 0 Å². The van der Waals surface area contributed by atoms with Gasteiger partial charge in [-0.25, -0.2) is 0 Å². The van der Waals surface area contributed by atoms with Crippen molar-refractivity contribution in [1.29, 1.82) is 0 Å². The number of nitrogens with two attached hydrogens (primary N) is 1. The number of benzene rings is 1. The second-order valence-electron chi connectivity index (χ2n) is 5.18. The lowest BCUT2D eigenvalue weighted by Crippen LogP contribution is -2.24. The van der Waals surface area contributed by atoms with Gasteiger partial charge in [0.25, 0.3) is 5.56 Å². The van der Waals surface area contributed by atoms with E-state index in [1.807, 2.05) is 37.4 Å². The monoisotopic (exact) mass is 286 g/mol. The van der Waals surface area contributed by atoms with Crippen LogP contribution in [-0.2, 0) is 6.54 Å². The number of nitrogens with zero attached hydrogens (tertiary/aromatic N) is 1. The van der Waals surface area contributed by atoms with Crippen molar-refractivity contribution in [3.05, 3.63) is 46.4 Å². The molecule has 0 aliphatic carbocycles. The zero-order valence-corrected chi connectivity index (χ0v) is 12.8. The molecule has 2 rings (SSSR count). The topological polar surface area (TPSA) is 57.2 Å². The van der Waals surface area contributed by atoms with Crippen molar-refractivity contribution in [2.75, 3.05) is 12.8 Å². The van der Waals surface area contributed by atoms with E-state index in [9.17, 15) is 4.79 Å². The minimum absolute atomic E-state index is 0.119. The maximum Gasteiger partial charge on any atom is 0.274 e. The van der Waals surface area contributed by atoms with Crippen LogP contribution in [0.25, 0.3) is 11.1 Å². The highest BCUT2D eigenvalue weighted by Gasteiger charge is 2.13. The van der Waals surface area contributed by atoms with Gasteiger partial charge in [-0.15, -0.1) is 0 Å². The number of rotatable bonds is 5. The fraction of sp³-hybridized carbons (Fsp3) is 0.353. The zero-order valence-electron chi connectivity index (χ0n) is 12.8. The minimum Gasteiger partial charge on any atom is -0.497 e. The molecule has 0 unspecified atom stereocenters. The van der Waals surface area contributed by atoms with Crippen LogP contribution in [-0.4, -0.2) is 11.7 Å². The number of unbranched alkanes of at least 4 members (excludes halogenated alkanes) is 1. The van der Waals surface area contributed by atoms with Crippen LogP contribution in [0.4, 0.5) is 5.69 Å². The second-order valence-corrected chi connectivity index (χ2v) is 5.18. The number of aromatic nitrogens is 1. The molecule has 4 nitrogen and oxygen atoms in total. The van der Waals surface area contributed by atoms with Gasteiger partial charge < -0.3 is 15.0 Å². The second kappa shape index (κ2) is 6.48. The largest absolute Gasteiger partial charge is 0.497 e. The summed E-state index contributed by atoms with van der Waals surface area (Å²) in [5.41, 5.74) is 8.99. The first-order valence-corrected chi connectivity index (χ1v) is 7.22. The summed E-state index contributed by atoms with van der Waals surface area (Å²) in [4.78, 5) is 12.4. The third-order valence-electron chi connectivity index (χ3n) is 3.62. The van der Waals surface area contributed by atoms with Crippen molar-refractivity contribution in [2.45, 2.75) is 33.2 Å². The van der Waals surface area contributed by atoms with E-state index in [1.54, 1.807) is 11.7 Å². The molecular weight excluding hydrogens is 264 g/mol. The summed E-state index contributed by atoms with van der Waals surface area (Å²) in [5.74, 6) is 0.751. The van der Waals surface area contributed by atoms with Gasteiger partial charge in [0.1, 0.15) is 11.4 Å². The fourth-order valence-corrected chi connectivity index (χ4v) is 2.49.